The zero-order valence-electron chi connectivity index (χ0n) is 17.0. The number of fused-ring (bicyclic) bond motifs is 1. The Morgan fingerprint density at radius 1 is 1.20 bits per heavy atom. The van der Waals surface area contributed by atoms with Gasteiger partial charge in [0, 0.05) is 12.3 Å². The summed E-state index contributed by atoms with van der Waals surface area (Å²) in [5.74, 6) is 1.99. The number of thioether (sulfide) groups is 1. The first kappa shape index (κ1) is 20.2. The van der Waals surface area contributed by atoms with Crippen molar-refractivity contribution in [2.45, 2.75) is 19.3 Å². The van der Waals surface area contributed by atoms with Crippen LogP contribution in [-0.4, -0.2) is 37.1 Å². The van der Waals surface area contributed by atoms with E-state index >= 15 is 0 Å². The van der Waals surface area contributed by atoms with Crippen LogP contribution in [-0.2, 0) is 4.79 Å². The van der Waals surface area contributed by atoms with Crippen LogP contribution in [0.1, 0.15) is 24.8 Å². The van der Waals surface area contributed by atoms with Gasteiger partial charge in [0.25, 0.3) is 0 Å². The molecule has 0 spiro atoms. The summed E-state index contributed by atoms with van der Waals surface area (Å²) in [4.78, 5) is 16.9. The summed E-state index contributed by atoms with van der Waals surface area (Å²) < 4.78 is 11.0. The van der Waals surface area contributed by atoms with Crippen molar-refractivity contribution in [1.29, 1.82) is 5.26 Å². The second kappa shape index (κ2) is 8.72. The molecule has 0 radical (unpaired) electrons. The number of hydrogen-bond donors (Lipinski definition) is 0. The number of carbonyl (C=O) groups is 1. The molecule has 0 aromatic heterocycles. The van der Waals surface area contributed by atoms with Gasteiger partial charge in [0.05, 0.1) is 48.6 Å². The lowest BCUT2D eigenvalue weighted by Gasteiger charge is -2.42. The van der Waals surface area contributed by atoms with E-state index in [1.807, 2.05) is 55.5 Å². The monoisotopic (exact) mass is 421 g/mol. The van der Waals surface area contributed by atoms with Gasteiger partial charge in [0.15, 0.2) is 0 Å². The molecule has 1 saturated heterocycles. The minimum absolute atomic E-state index is 0.0240. The summed E-state index contributed by atoms with van der Waals surface area (Å²) in [5.41, 5.74) is 2.56. The summed E-state index contributed by atoms with van der Waals surface area (Å²) in [7, 11) is 1.62. The van der Waals surface area contributed by atoms with Crippen molar-refractivity contribution in [3.63, 3.8) is 0 Å². The third kappa shape index (κ3) is 3.71. The largest absolute Gasteiger partial charge is 0.497 e. The lowest BCUT2D eigenvalue weighted by molar-refractivity contribution is -0.129. The molecule has 30 heavy (non-hydrogen) atoms. The summed E-state index contributed by atoms with van der Waals surface area (Å²) in [5, 5.41) is 10.7. The maximum absolute atomic E-state index is 13.1. The van der Waals surface area contributed by atoms with Gasteiger partial charge in [0.2, 0.25) is 5.91 Å². The van der Waals surface area contributed by atoms with Crippen molar-refractivity contribution in [1.82, 2.24) is 4.90 Å². The number of para-hydroxylation sites is 2. The van der Waals surface area contributed by atoms with Crippen LogP contribution in [0, 0.1) is 11.3 Å². The van der Waals surface area contributed by atoms with E-state index in [0.717, 1.165) is 27.8 Å². The average molecular weight is 422 g/mol. The van der Waals surface area contributed by atoms with Crippen LogP contribution in [0.4, 0.5) is 5.69 Å². The molecule has 1 unspecified atom stereocenters. The number of allylic oxidation sites excluding steroid dienone is 1. The number of benzene rings is 2. The molecule has 2 heterocycles. The van der Waals surface area contributed by atoms with E-state index in [-0.39, 0.29) is 18.2 Å². The van der Waals surface area contributed by atoms with Gasteiger partial charge >= 0.3 is 0 Å². The van der Waals surface area contributed by atoms with Crippen molar-refractivity contribution in [2.24, 2.45) is 0 Å². The Morgan fingerprint density at radius 2 is 1.97 bits per heavy atom. The number of methoxy groups -OCH3 is 1. The standard InChI is InChI=1S/C23H23N3O3S/c1-3-29-21-7-5-4-6-20(21)25-14-26-22(27)12-18(19(13-24)23(26)30-15-25)16-8-10-17(28-2)11-9-16/h4-11,18H,3,12,14-15H2,1-2H3. The SMILES string of the molecule is CCOc1ccccc1N1CSC2=C(C#N)C(c3ccc(OC)cc3)CC(=O)N2C1. The molecule has 0 N–H and O–H groups in total. The Balaban J connectivity index is 1.64. The highest BCUT2D eigenvalue weighted by molar-refractivity contribution is 8.03. The summed E-state index contributed by atoms with van der Waals surface area (Å²) in [6.07, 6.45) is 0.278. The third-order valence-electron chi connectivity index (χ3n) is 5.32. The Hall–Kier alpha value is -3.11. The van der Waals surface area contributed by atoms with Crippen molar-refractivity contribution >= 4 is 23.4 Å². The van der Waals surface area contributed by atoms with E-state index in [2.05, 4.69) is 11.0 Å². The molecule has 2 aliphatic heterocycles. The van der Waals surface area contributed by atoms with E-state index in [1.54, 1.807) is 12.0 Å². The normalized spacial score (nSPS) is 18.7. The van der Waals surface area contributed by atoms with E-state index in [1.165, 1.54) is 11.8 Å². The number of hydrogen-bond acceptors (Lipinski definition) is 6. The molecule has 1 atom stereocenters. The number of carbonyl (C=O) groups excluding carboxylic acids is 1. The number of nitrogens with zero attached hydrogens (tertiary/aromatic N) is 3. The van der Waals surface area contributed by atoms with E-state index < -0.39 is 0 Å². The van der Waals surface area contributed by atoms with Crippen LogP contribution in [0.25, 0.3) is 0 Å². The summed E-state index contributed by atoms with van der Waals surface area (Å²) in [6.45, 7) is 2.94. The maximum Gasteiger partial charge on any atom is 0.229 e. The van der Waals surface area contributed by atoms with Gasteiger partial charge in [-0.1, -0.05) is 36.0 Å². The Labute approximate surface area is 180 Å². The molecular formula is C23H23N3O3S. The molecule has 2 aliphatic rings. The Kier molecular flexibility index (Phi) is 5.86. The number of anilines is 1. The van der Waals surface area contributed by atoms with Crippen molar-refractivity contribution in [3.05, 3.63) is 64.7 Å². The smallest absolute Gasteiger partial charge is 0.229 e. The molecule has 0 bridgehead atoms. The van der Waals surface area contributed by atoms with E-state index in [0.29, 0.717) is 24.7 Å². The van der Waals surface area contributed by atoms with Gasteiger partial charge in [-0.2, -0.15) is 5.26 Å². The molecule has 0 saturated carbocycles. The molecular weight excluding hydrogens is 398 g/mol. The first-order valence-corrected chi connectivity index (χ1v) is 10.8. The molecule has 6 nitrogen and oxygen atoms in total. The summed E-state index contributed by atoms with van der Waals surface area (Å²) >= 11 is 1.53. The Bertz CT molecular complexity index is 1010. The molecule has 2 aromatic rings. The highest BCUT2D eigenvalue weighted by Crippen LogP contribution is 2.44. The number of rotatable bonds is 5. The summed E-state index contributed by atoms with van der Waals surface area (Å²) in [6, 6.07) is 17.8. The van der Waals surface area contributed by atoms with E-state index in [4.69, 9.17) is 9.47 Å². The quantitative estimate of drug-likeness (QED) is 0.717. The molecule has 7 heteroatoms. The van der Waals surface area contributed by atoms with Crippen LogP contribution in [0.3, 0.4) is 0 Å². The molecule has 0 aliphatic carbocycles. The van der Waals surface area contributed by atoms with Crippen LogP contribution in [0.2, 0.25) is 0 Å². The average Bonchev–Trinajstić information content (AvgIpc) is 2.79. The molecule has 2 aromatic carbocycles. The minimum Gasteiger partial charge on any atom is -0.497 e. The number of nitriles is 1. The zero-order chi connectivity index (χ0) is 21.1. The maximum atomic E-state index is 13.1. The van der Waals surface area contributed by atoms with E-state index in [9.17, 15) is 10.1 Å². The highest BCUT2D eigenvalue weighted by atomic mass is 32.2. The highest BCUT2D eigenvalue weighted by Gasteiger charge is 2.38. The predicted molar refractivity (Wildman–Crippen MR) is 117 cm³/mol. The predicted octanol–water partition coefficient (Wildman–Crippen LogP) is 4.31. The molecule has 4 rings (SSSR count). The first-order chi connectivity index (χ1) is 14.7. The topological polar surface area (TPSA) is 65.8 Å². The first-order valence-electron chi connectivity index (χ1n) is 9.84. The lowest BCUT2D eigenvalue weighted by Crippen LogP contribution is -2.47. The molecule has 154 valence electrons. The minimum atomic E-state index is -0.227. The van der Waals surface area contributed by atoms with Crippen molar-refractivity contribution in [3.8, 4) is 17.6 Å². The zero-order valence-corrected chi connectivity index (χ0v) is 17.8. The van der Waals surface area contributed by atoms with Crippen LogP contribution in [0.15, 0.2) is 59.1 Å². The molecule has 1 amide bonds. The molecule has 1 fully saturated rings. The van der Waals surface area contributed by atoms with Gasteiger partial charge < -0.3 is 14.4 Å². The van der Waals surface area contributed by atoms with Crippen LogP contribution in [0.5, 0.6) is 11.5 Å². The Morgan fingerprint density at radius 3 is 2.67 bits per heavy atom. The van der Waals surface area contributed by atoms with Gasteiger partial charge in [-0.25, -0.2) is 0 Å². The number of ether oxygens (including phenoxy) is 2. The van der Waals surface area contributed by atoms with Crippen LogP contribution < -0.4 is 14.4 Å². The second-order valence-electron chi connectivity index (χ2n) is 7.04. The fraction of sp³-hybridized carbons (Fsp3) is 0.304. The van der Waals surface area contributed by atoms with Gasteiger partial charge in [0.1, 0.15) is 11.5 Å². The van der Waals surface area contributed by atoms with Gasteiger partial charge in [-0.05, 0) is 36.8 Å². The fourth-order valence-electron chi connectivity index (χ4n) is 3.83. The second-order valence-corrected chi connectivity index (χ2v) is 7.97. The van der Waals surface area contributed by atoms with Crippen molar-refractivity contribution < 1.29 is 14.3 Å². The number of amides is 1. The van der Waals surface area contributed by atoms with Gasteiger partial charge in [-0.15, -0.1) is 0 Å². The lowest BCUT2D eigenvalue weighted by atomic mass is 9.86. The van der Waals surface area contributed by atoms with Crippen LogP contribution >= 0.6 is 11.8 Å². The van der Waals surface area contributed by atoms with Crippen molar-refractivity contribution in [2.75, 3.05) is 31.2 Å². The van der Waals surface area contributed by atoms with Gasteiger partial charge in [-0.3, -0.25) is 9.69 Å². The third-order valence-corrected chi connectivity index (χ3v) is 6.47. The fourth-order valence-corrected chi connectivity index (χ4v) is 4.99.